The van der Waals surface area contributed by atoms with Crippen molar-refractivity contribution in [1.82, 2.24) is 0 Å². The zero-order chi connectivity index (χ0) is 12.9. The van der Waals surface area contributed by atoms with E-state index in [0.717, 1.165) is 6.08 Å². The summed E-state index contributed by atoms with van der Waals surface area (Å²) in [5, 5.41) is 11.0. The van der Waals surface area contributed by atoms with Gasteiger partial charge in [0, 0.05) is 4.88 Å². The number of carbonyl (C=O) groups excluding carboxylic acids is 1. The summed E-state index contributed by atoms with van der Waals surface area (Å²) in [6.07, 6.45) is 0.0224. The number of rotatable bonds is 5. The van der Waals surface area contributed by atoms with E-state index in [-0.39, 0.29) is 6.61 Å². The minimum absolute atomic E-state index is 0.157. The van der Waals surface area contributed by atoms with Gasteiger partial charge in [0.25, 0.3) is 0 Å². The summed E-state index contributed by atoms with van der Waals surface area (Å²) in [5.41, 5.74) is 0. The molecule has 0 spiro atoms. The van der Waals surface area contributed by atoms with Crippen molar-refractivity contribution in [3.63, 3.8) is 0 Å². The molecular weight excluding hydrogens is 250 g/mol. The monoisotopic (exact) mass is 262 g/mol. The third-order valence-corrected chi connectivity index (χ3v) is 2.74. The Morgan fingerprint density at radius 2 is 2.41 bits per heavy atom. The molecule has 17 heavy (non-hydrogen) atoms. The smallest absolute Gasteiger partial charge is 0.380 e. The fraction of sp³-hybridized carbons (Fsp3) is 0.364. The van der Waals surface area contributed by atoms with Gasteiger partial charge in [0.2, 0.25) is 0 Å². The van der Waals surface area contributed by atoms with Gasteiger partial charge in [-0.1, -0.05) is 6.07 Å². The Hall–Kier alpha value is -1.27. The molecule has 94 valence electrons. The highest BCUT2D eigenvalue weighted by atomic mass is 32.1. The molecule has 0 radical (unpaired) electrons. The van der Waals surface area contributed by atoms with Crippen LogP contribution in [0.5, 0.6) is 0 Å². The van der Waals surface area contributed by atoms with E-state index < -0.39 is 18.0 Å². The van der Waals surface area contributed by atoms with Crippen LogP contribution in [0.1, 0.15) is 11.8 Å². The van der Waals surface area contributed by atoms with E-state index in [0.29, 0.717) is 4.88 Å². The van der Waals surface area contributed by atoms with Crippen LogP contribution >= 0.6 is 11.3 Å². The number of aliphatic hydroxyl groups is 1. The van der Waals surface area contributed by atoms with Gasteiger partial charge in [0.15, 0.2) is 0 Å². The quantitative estimate of drug-likeness (QED) is 0.828. The molecule has 1 aromatic heterocycles. The van der Waals surface area contributed by atoms with Crippen LogP contribution < -0.4 is 0 Å². The molecule has 0 aliphatic carbocycles. The van der Waals surface area contributed by atoms with Gasteiger partial charge in [-0.25, -0.2) is 4.79 Å². The van der Waals surface area contributed by atoms with Crippen LogP contribution in [0.25, 0.3) is 6.08 Å². The van der Waals surface area contributed by atoms with Gasteiger partial charge in [-0.3, -0.25) is 0 Å². The first-order valence-electron chi connectivity index (χ1n) is 4.93. The van der Waals surface area contributed by atoms with Gasteiger partial charge < -0.3 is 9.84 Å². The molecule has 0 fully saturated rings. The van der Waals surface area contributed by atoms with E-state index in [9.17, 15) is 18.7 Å². The number of esters is 1. The molecule has 1 unspecified atom stereocenters. The van der Waals surface area contributed by atoms with E-state index in [4.69, 9.17) is 0 Å². The molecule has 0 aliphatic heterocycles. The third-order valence-electron chi connectivity index (χ3n) is 1.91. The fourth-order valence-electron chi connectivity index (χ4n) is 1.04. The maximum atomic E-state index is 13.3. The maximum Gasteiger partial charge on any atom is 0.380 e. The predicted molar refractivity (Wildman–Crippen MR) is 60.9 cm³/mol. The molecular formula is C11H12F2O3S. The van der Waals surface area contributed by atoms with E-state index in [1.807, 2.05) is 0 Å². The van der Waals surface area contributed by atoms with Crippen LogP contribution in [-0.4, -0.2) is 29.7 Å². The van der Waals surface area contributed by atoms with Crippen LogP contribution in [-0.2, 0) is 9.53 Å². The van der Waals surface area contributed by atoms with Crippen LogP contribution in [0.2, 0.25) is 0 Å². The number of hydrogen-bond acceptors (Lipinski definition) is 4. The number of halogens is 2. The molecule has 0 saturated heterocycles. The van der Waals surface area contributed by atoms with E-state index in [2.05, 4.69) is 4.74 Å². The Morgan fingerprint density at radius 1 is 1.71 bits per heavy atom. The van der Waals surface area contributed by atoms with Gasteiger partial charge in [-0.2, -0.15) is 8.78 Å². The maximum absolute atomic E-state index is 13.3. The lowest BCUT2D eigenvalue weighted by atomic mass is 10.1. The second-order valence-corrected chi connectivity index (χ2v) is 4.14. The Balaban J connectivity index is 2.68. The lowest BCUT2D eigenvalue weighted by Gasteiger charge is -2.17. The molecule has 0 aliphatic rings. The van der Waals surface area contributed by atoms with E-state index in [1.54, 1.807) is 17.5 Å². The topological polar surface area (TPSA) is 46.5 Å². The van der Waals surface area contributed by atoms with Crippen molar-refractivity contribution in [1.29, 1.82) is 0 Å². The molecule has 6 heteroatoms. The zero-order valence-corrected chi connectivity index (χ0v) is 9.92. The highest BCUT2D eigenvalue weighted by Crippen LogP contribution is 2.23. The second-order valence-electron chi connectivity index (χ2n) is 3.16. The molecule has 1 heterocycles. The van der Waals surface area contributed by atoms with Gasteiger partial charge >= 0.3 is 11.9 Å². The number of alkyl halides is 2. The van der Waals surface area contributed by atoms with E-state index >= 15 is 0 Å². The van der Waals surface area contributed by atoms with Gasteiger partial charge in [-0.05, 0) is 30.5 Å². The van der Waals surface area contributed by atoms with Crippen LogP contribution in [0, 0.1) is 0 Å². The van der Waals surface area contributed by atoms with Gasteiger partial charge in [0.05, 0.1) is 6.61 Å². The summed E-state index contributed by atoms with van der Waals surface area (Å²) in [4.78, 5) is 11.6. The van der Waals surface area contributed by atoms with Crippen LogP contribution in [0.3, 0.4) is 0 Å². The first-order chi connectivity index (χ1) is 7.98. The van der Waals surface area contributed by atoms with Crippen LogP contribution in [0.4, 0.5) is 8.78 Å². The first-order valence-corrected chi connectivity index (χ1v) is 5.81. The van der Waals surface area contributed by atoms with Crippen molar-refractivity contribution in [2.45, 2.75) is 19.0 Å². The number of aliphatic hydroxyl groups excluding tert-OH is 1. The van der Waals surface area contributed by atoms with Crippen LogP contribution in [0.15, 0.2) is 23.6 Å². The van der Waals surface area contributed by atoms with Crippen molar-refractivity contribution >= 4 is 23.4 Å². The minimum atomic E-state index is -3.93. The zero-order valence-electron chi connectivity index (χ0n) is 9.10. The molecule has 1 atom stereocenters. The number of ether oxygens (including phenoxy) is 1. The average molecular weight is 262 g/mol. The van der Waals surface area contributed by atoms with Gasteiger partial charge in [-0.15, -0.1) is 11.3 Å². The molecule has 0 saturated carbocycles. The summed E-state index contributed by atoms with van der Waals surface area (Å²) < 4.78 is 30.7. The summed E-state index contributed by atoms with van der Waals surface area (Å²) >= 11 is 1.34. The molecule has 1 N–H and O–H groups in total. The largest absolute Gasteiger partial charge is 0.461 e. The average Bonchev–Trinajstić information content (AvgIpc) is 2.78. The summed E-state index contributed by atoms with van der Waals surface area (Å²) in [6.45, 7) is 1.26. The molecule has 0 bridgehead atoms. The SMILES string of the molecule is CCOC(=O)C(F)(F)C(O)/C=C/c1cccs1. The normalized spacial score (nSPS) is 13.9. The lowest BCUT2D eigenvalue weighted by Crippen LogP contribution is -2.41. The molecule has 3 nitrogen and oxygen atoms in total. The predicted octanol–water partition coefficient (Wildman–Crippen LogP) is 2.32. The molecule has 0 aromatic carbocycles. The summed E-state index contributed by atoms with van der Waals surface area (Å²) in [7, 11) is 0. The van der Waals surface area contributed by atoms with Crippen molar-refractivity contribution in [3.8, 4) is 0 Å². The molecule has 0 amide bonds. The van der Waals surface area contributed by atoms with E-state index in [1.165, 1.54) is 24.3 Å². The Kier molecular flexibility index (Phi) is 4.77. The van der Waals surface area contributed by atoms with Crippen molar-refractivity contribution in [3.05, 3.63) is 28.5 Å². The summed E-state index contributed by atoms with van der Waals surface area (Å²) in [6, 6.07) is 3.45. The second kappa shape index (κ2) is 5.88. The lowest BCUT2D eigenvalue weighted by molar-refractivity contribution is -0.183. The highest BCUT2D eigenvalue weighted by molar-refractivity contribution is 7.10. The minimum Gasteiger partial charge on any atom is -0.461 e. The number of carbonyl (C=O) groups is 1. The first kappa shape index (κ1) is 13.8. The standard InChI is InChI=1S/C11H12F2O3S/c1-2-16-10(15)11(12,13)9(14)6-5-8-4-3-7-17-8/h3-7,9,14H,2H2,1H3/b6-5+. The Bertz CT molecular complexity index is 387. The Morgan fingerprint density at radius 3 is 2.94 bits per heavy atom. The van der Waals surface area contributed by atoms with Crippen molar-refractivity contribution in [2.75, 3.05) is 6.61 Å². The Labute approximate surface area is 101 Å². The van der Waals surface area contributed by atoms with Crippen molar-refractivity contribution < 1.29 is 23.4 Å². The van der Waals surface area contributed by atoms with Gasteiger partial charge in [0.1, 0.15) is 6.10 Å². The highest BCUT2D eigenvalue weighted by Gasteiger charge is 2.47. The summed E-state index contributed by atoms with van der Waals surface area (Å²) in [5.74, 6) is -5.65. The van der Waals surface area contributed by atoms with Crippen molar-refractivity contribution in [2.24, 2.45) is 0 Å². The fourth-order valence-corrected chi connectivity index (χ4v) is 1.67. The third kappa shape index (κ3) is 3.61. The molecule has 1 rings (SSSR count). The number of thiophene rings is 1. The molecule has 1 aromatic rings. The number of hydrogen-bond donors (Lipinski definition) is 1.